The van der Waals surface area contributed by atoms with Crippen LogP contribution in [-0.4, -0.2) is 14.9 Å². The molecule has 1 heterocycles. The van der Waals surface area contributed by atoms with Crippen LogP contribution in [0.4, 0.5) is 5.69 Å². The van der Waals surface area contributed by atoms with E-state index in [0.29, 0.717) is 22.2 Å². The van der Waals surface area contributed by atoms with Crippen LogP contribution in [0, 0.1) is 10.1 Å². The minimum Gasteiger partial charge on any atom is -0.258 e. The van der Waals surface area contributed by atoms with E-state index in [4.69, 9.17) is 4.98 Å². The number of nitrogens with zero attached hydrogens (tertiary/aromatic N) is 3. The van der Waals surface area contributed by atoms with Crippen LogP contribution in [0.2, 0.25) is 0 Å². The molecule has 0 saturated heterocycles. The predicted molar refractivity (Wildman–Crippen MR) is 96.8 cm³/mol. The fourth-order valence-electron chi connectivity index (χ4n) is 2.75. The summed E-state index contributed by atoms with van der Waals surface area (Å²) in [6, 6.07) is 17.9. The Morgan fingerprint density at radius 1 is 0.792 bits per heavy atom. The molecule has 1 aromatic heterocycles. The van der Waals surface area contributed by atoms with Crippen LogP contribution in [0.5, 0.6) is 0 Å². The molecule has 5 nitrogen and oxygen atoms in total. The lowest BCUT2D eigenvalue weighted by molar-refractivity contribution is -0.384. The number of aromatic nitrogens is 2. The third kappa shape index (κ3) is 2.32. The molecular formula is C18H10BrN3O2. The van der Waals surface area contributed by atoms with Crippen molar-refractivity contribution >= 4 is 43.7 Å². The Balaban J connectivity index is 2.12. The lowest BCUT2D eigenvalue weighted by Crippen LogP contribution is -1.95. The fourth-order valence-corrected chi connectivity index (χ4v) is 3.16. The largest absolute Gasteiger partial charge is 0.277 e. The van der Waals surface area contributed by atoms with Crippen molar-refractivity contribution in [1.82, 2.24) is 9.97 Å². The van der Waals surface area contributed by atoms with E-state index in [1.807, 2.05) is 36.4 Å². The number of hydrogen-bond acceptors (Lipinski definition) is 4. The summed E-state index contributed by atoms with van der Waals surface area (Å²) in [5, 5.41) is 11.4. The molecule has 0 bridgehead atoms. The molecule has 0 amide bonds. The van der Waals surface area contributed by atoms with Crippen molar-refractivity contribution in [3.8, 4) is 11.1 Å². The zero-order valence-corrected chi connectivity index (χ0v) is 13.9. The van der Waals surface area contributed by atoms with E-state index >= 15 is 0 Å². The van der Waals surface area contributed by atoms with Gasteiger partial charge in [-0.3, -0.25) is 10.1 Å². The highest BCUT2D eigenvalue weighted by atomic mass is 79.9. The van der Waals surface area contributed by atoms with Gasteiger partial charge in [-0.25, -0.2) is 9.97 Å². The molecular weight excluding hydrogens is 370 g/mol. The minimum absolute atomic E-state index is 0.0519. The number of fused-ring (bicyclic) bond motifs is 2. The molecule has 0 radical (unpaired) electrons. The lowest BCUT2D eigenvalue weighted by atomic mass is 10.0. The van der Waals surface area contributed by atoms with Gasteiger partial charge in [0, 0.05) is 16.1 Å². The molecule has 0 aliphatic heterocycles. The lowest BCUT2D eigenvalue weighted by Gasteiger charge is -2.09. The van der Waals surface area contributed by atoms with Gasteiger partial charge in [-0.2, -0.15) is 0 Å². The Kier molecular flexibility index (Phi) is 3.46. The van der Waals surface area contributed by atoms with Crippen LogP contribution in [-0.2, 0) is 0 Å². The molecule has 4 rings (SSSR count). The first-order valence-electron chi connectivity index (χ1n) is 7.24. The van der Waals surface area contributed by atoms with Crippen LogP contribution < -0.4 is 0 Å². The number of nitro groups is 1. The van der Waals surface area contributed by atoms with Crippen molar-refractivity contribution in [1.29, 1.82) is 0 Å². The van der Waals surface area contributed by atoms with Gasteiger partial charge in [-0.1, -0.05) is 30.3 Å². The SMILES string of the molecule is O=[N+]([O-])c1ccccc1-c1ccc(Br)c2nc3ccccc3nc12. The van der Waals surface area contributed by atoms with Crippen molar-refractivity contribution in [2.75, 3.05) is 0 Å². The van der Waals surface area contributed by atoms with E-state index < -0.39 is 0 Å². The van der Waals surface area contributed by atoms with E-state index in [0.717, 1.165) is 15.5 Å². The van der Waals surface area contributed by atoms with Crippen LogP contribution >= 0.6 is 15.9 Å². The average Bonchev–Trinajstić information content (AvgIpc) is 2.61. The Labute approximate surface area is 145 Å². The van der Waals surface area contributed by atoms with Crippen molar-refractivity contribution in [2.45, 2.75) is 0 Å². The van der Waals surface area contributed by atoms with Crippen molar-refractivity contribution < 1.29 is 4.92 Å². The topological polar surface area (TPSA) is 68.9 Å². The summed E-state index contributed by atoms with van der Waals surface area (Å²) >= 11 is 3.50. The summed E-state index contributed by atoms with van der Waals surface area (Å²) in [5.74, 6) is 0. The Bertz CT molecular complexity index is 1110. The molecule has 3 aromatic carbocycles. The Morgan fingerprint density at radius 2 is 1.42 bits per heavy atom. The van der Waals surface area contributed by atoms with E-state index in [1.54, 1.807) is 18.2 Å². The molecule has 0 spiro atoms. The first-order chi connectivity index (χ1) is 11.6. The van der Waals surface area contributed by atoms with E-state index in [9.17, 15) is 10.1 Å². The standard InChI is InChI=1S/C18H10BrN3O2/c19-13-10-9-12(11-5-1-4-8-16(11)22(23)24)17-18(13)21-15-7-3-2-6-14(15)20-17/h1-10H. The van der Waals surface area contributed by atoms with Crippen LogP contribution in [0.3, 0.4) is 0 Å². The number of nitro benzene ring substituents is 1. The second-order valence-electron chi connectivity index (χ2n) is 5.28. The Hall–Kier alpha value is -2.86. The summed E-state index contributed by atoms with van der Waals surface area (Å²) in [6.07, 6.45) is 0. The number of rotatable bonds is 2. The highest BCUT2D eigenvalue weighted by Crippen LogP contribution is 2.36. The van der Waals surface area contributed by atoms with Gasteiger partial charge in [0.2, 0.25) is 0 Å². The summed E-state index contributed by atoms with van der Waals surface area (Å²) in [7, 11) is 0. The molecule has 6 heteroatoms. The molecule has 0 aliphatic carbocycles. The molecule has 0 fully saturated rings. The number of benzene rings is 3. The van der Waals surface area contributed by atoms with Crippen molar-refractivity contribution in [3.05, 3.63) is 75.3 Å². The number of halogens is 1. The normalized spacial score (nSPS) is 11.0. The molecule has 0 unspecified atom stereocenters. The number of para-hydroxylation sites is 3. The van der Waals surface area contributed by atoms with E-state index in [2.05, 4.69) is 20.9 Å². The van der Waals surface area contributed by atoms with Gasteiger partial charge in [-0.15, -0.1) is 0 Å². The van der Waals surface area contributed by atoms with E-state index in [-0.39, 0.29) is 10.6 Å². The van der Waals surface area contributed by atoms with Crippen LogP contribution in [0.25, 0.3) is 33.2 Å². The summed E-state index contributed by atoms with van der Waals surface area (Å²) in [5.41, 5.74) is 4.13. The van der Waals surface area contributed by atoms with Gasteiger partial charge < -0.3 is 0 Å². The van der Waals surface area contributed by atoms with Gasteiger partial charge in [-0.05, 0) is 40.2 Å². The summed E-state index contributed by atoms with van der Waals surface area (Å²) < 4.78 is 0.804. The zero-order valence-electron chi connectivity index (χ0n) is 12.3. The molecule has 4 aromatic rings. The van der Waals surface area contributed by atoms with Gasteiger partial charge in [0.05, 0.1) is 27.0 Å². The quantitative estimate of drug-likeness (QED) is 0.275. The molecule has 116 valence electrons. The smallest absolute Gasteiger partial charge is 0.258 e. The first-order valence-corrected chi connectivity index (χ1v) is 8.03. The predicted octanol–water partition coefficient (Wildman–Crippen LogP) is 5.12. The molecule has 24 heavy (non-hydrogen) atoms. The summed E-state index contributed by atoms with van der Waals surface area (Å²) in [6.45, 7) is 0. The monoisotopic (exact) mass is 379 g/mol. The second kappa shape index (κ2) is 5.65. The van der Waals surface area contributed by atoms with Crippen LogP contribution in [0.15, 0.2) is 65.1 Å². The maximum Gasteiger partial charge on any atom is 0.277 e. The molecule has 0 saturated carbocycles. The summed E-state index contributed by atoms with van der Waals surface area (Å²) in [4.78, 5) is 20.4. The number of hydrogen-bond donors (Lipinski definition) is 0. The average molecular weight is 380 g/mol. The third-order valence-corrected chi connectivity index (χ3v) is 4.48. The Morgan fingerprint density at radius 3 is 2.12 bits per heavy atom. The highest BCUT2D eigenvalue weighted by Gasteiger charge is 2.18. The molecule has 0 atom stereocenters. The van der Waals surface area contributed by atoms with Gasteiger partial charge >= 0.3 is 0 Å². The van der Waals surface area contributed by atoms with Gasteiger partial charge in [0.25, 0.3) is 5.69 Å². The highest BCUT2D eigenvalue weighted by molar-refractivity contribution is 9.10. The molecule has 0 aliphatic rings. The second-order valence-corrected chi connectivity index (χ2v) is 6.13. The van der Waals surface area contributed by atoms with E-state index in [1.165, 1.54) is 6.07 Å². The van der Waals surface area contributed by atoms with Crippen molar-refractivity contribution in [2.24, 2.45) is 0 Å². The zero-order chi connectivity index (χ0) is 16.7. The van der Waals surface area contributed by atoms with Gasteiger partial charge in [0.1, 0.15) is 5.52 Å². The maximum atomic E-state index is 11.4. The van der Waals surface area contributed by atoms with Gasteiger partial charge in [0.15, 0.2) is 0 Å². The maximum absolute atomic E-state index is 11.4. The fraction of sp³-hybridized carbons (Fsp3) is 0. The minimum atomic E-state index is -0.377. The molecule has 0 N–H and O–H groups in total. The third-order valence-electron chi connectivity index (χ3n) is 3.84. The van der Waals surface area contributed by atoms with Crippen molar-refractivity contribution in [3.63, 3.8) is 0 Å². The first kappa shape index (κ1) is 14.7. The van der Waals surface area contributed by atoms with Crippen LogP contribution in [0.1, 0.15) is 0 Å².